The lowest BCUT2D eigenvalue weighted by molar-refractivity contribution is 0.474. The van der Waals surface area contributed by atoms with Crippen LogP contribution in [0.15, 0.2) is 24.3 Å². The lowest BCUT2D eigenvalue weighted by Gasteiger charge is -2.21. The molecule has 1 aromatic carbocycles. The largest absolute Gasteiger partial charge is 0.378 e. The van der Waals surface area contributed by atoms with Gasteiger partial charge in [-0.2, -0.15) is 0 Å². The Balaban J connectivity index is 2.74. The molecule has 108 valence electrons. The van der Waals surface area contributed by atoms with Crippen LogP contribution >= 0.6 is 0 Å². The molecule has 0 aromatic heterocycles. The molecule has 0 aliphatic heterocycles. The molecule has 0 bridgehead atoms. The van der Waals surface area contributed by atoms with E-state index in [0.717, 1.165) is 6.54 Å². The van der Waals surface area contributed by atoms with Gasteiger partial charge in [0.15, 0.2) is 0 Å². The highest BCUT2D eigenvalue weighted by molar-refractivity contribution is 5.47. The van der Waals surface area contributed by atoms with Crippen LogP contribution in [0.3, 0.4) is 0 Å². The molecule has 0 radical (unpaired) electrons. The molecular formula is C17H30N2. The van der Waals surface area contributed by atoms with Crippen molar-refractivity contribution in [2.75, 3.05) is 25.5 Å². The van der Waals surface area contributed by atoms with E-state index >= 15 is 0 Å². The van der Waals surface area contributed by atoms with Gasteiger partial charge in [0.25, 0.3) is 0 Å². The summed E-state index contributed by atoms with van der Waals surface area (Å²) in [6.45, 7) is 5.59. The summed E-state index contributed by atoms with van der Waals surface area (Å²) < 4.78 is 0. The minimum Gasteiger partial charge on any atom is -0.378 e. The van der Waals surface area contributed by atoms with Crippen LogP contribution in [0.4, 0.5) is 5.69 Å². The summed E-state index contributed by atoms with van der Waals surface area (Å²) in [4.78, 5) is 2.17. The van der Waals surface area contributed by atoms with Gasteiger partial charge in [-0.3, -0.25) is 0 Å². The molecule has 1 N–H and O–H groups in total. The van der Waals surface area contributed by atoms with E-state index < -0.39 is 0 Å². The molecule has 0 fully saturated rings. The monoisotopic (exact) mass is 262 g/mol. The average molecular weight is 262 g/mol. The quantitative estimate of drug-likeness (QED) is 0.665. The third kappa shape index (κ3) is 5.65. The first kappa shape index (κ1) is 16.0. The zero-order valence-electron chi connectivity index (χ0n) is 13.1. The fraction of sp³-hybridized carbons (Fsp3) is 0.647. The minimum atomic E-state index is 0.506. The molecule has 0 aliphatic rings. The molecule has 1 rings (SSSR count). The van der Waals surface area contributed by atoms with Crippen molar-refractivity contribution in [2.24, 2.45) is 0 Å². The number of anilines is 1. The normalized spacial score (nSPS) is 12.4. The molecule has 0 heterocycles. The van der Waals surface area contributed by atoms with Gasteiger partial charge in [0.05, 0.1) is 0 Å². The van der Waals surface area contributed by atoms with E-state index in [1.165, 1.54) is 43.4 Å². The average Bonchev–Trinajstić information content (AvgIpc) is 2.43. The van der Waals surface area contributed by atoms with E-state index in [-0.39, 0.29) is 0 Å². The summed E-state index contributed by atoms with van der Waals surface area (Å²) in [6.07, 6.45) is 6.36. The van der Waals surface area contributed by atoms with Gasteiger partial charge in [0.2, 0.25) is 0 Å². The third-order valence-corrected chi connectivity index (χ3v) is 3.53. The van der Waals surface area contributed by atoms with E-state index in [1.54, 1.807) is 0 Å². The predicted octanol–water partition coefficient (Wildman–Crippen LogP) is 4.37. The lowest BCUT2D eigenvalue weighted by Crippen LogP contribution is -2.22. The first-order valence-electron chi connectivity index (χ1n) is 7.69. The molecule has 0 amide bonds. The number of rotatable bonds is 9. The Morgan fingerprint density at radius 2 is 1.89 bits per heavy atom. The van der Waals surface area contributed by atoms with Crippen LogP contribution in [-0.4, -0.2) is 20.6 Å². The van der Waals surface area contributed by atoms with Crippen molar-refractivity contribution in [3.8, 4) is 0 Å². The number of hydrogen-bond donors (Lipinski definition) is 1. The second-order valence-electron chi connectivity index (χ2n) is 5.49. The summed E-state index contributed by atoms with van der Waals surface area (Å²) in [5, 5.41) is 3.69. The third-order valence-electron chi connectivity index (χ3n) is 3.53. The fourth-order valence-electron chi connectivity index (χ4n) is 2.32. The molecule has 1 atom stereocenters. The van der Waals surface area contributed by atoms with Crippen molar-refractivity contribution in [1.82, 2.24) is 5.32 Å². The molecule has 0 saturated carbocycles. The Kier molecular flexibility index (Phi) is 7.57. The smallest absolute Gasteiger partial charge is 0.0364 e. The van der Waals surface area contributed by atoms with Crippen molar-refractivity contribution < 1.29 is 0 Å². The SMILES string of the molecule is CCCCCC(NCCC)c1cccc(N(C)C)c1. The standard InChI is InChI=1S/C17H30N2/c1-5-7-8-12-17(18-13-6-2)15-10-9-11-16(14-15)19(3)4/h9-11,14,17-18H,5-8,12-13H2,1-4H3. The highest BCUT2D eigenvalue weighted by atomic mass is 15.1. The van der Waals surface area contributed by atoms with Gasteiger partial charge in [-0.1, -0.05) is 45.2 Å². The molecule has 1 aromatic rings. The van der Waals surface area contributed by atoms with Gasteiger partial charge >= 0.3 is 0 Å². The fourth-order valence-corrected chi connectivity index (χ4v) is 2.32. The maximum Gasteiger partial charge on any atom is 0.0364 e. The van der Waals surface area contributed by atoms with Crippen molar-refractivity contribution in [3.05, 3.63) is 29.8 Å². The summed E-state index contributed by atoms with van der Waals surface area (Å²) in [7, 11) is 4.20. The Morgan fingerprint density at radius 3 is 2.53 bits per heavy atom. The number of nitrogens with zero attached hydrogens (tertiary/aromatic N) is 1. The van der Waals surface area contributed by atoms with Crippen molar-refractivity contribution in [1.29, 1.82) is 0 Å². The van der Waals surface area contributed by atoms with Crippen molar-refractivity contribution >= 4 is 5.69 Å². The lowest BCUT2D eigenvalue weighted by atomic mass is 9.99. The Morgan fingerprint density at radius 1 is 1.11 bits per heavy atom. The highest BCUT2D eigenvalue weighted by Crippen LogP contribution is 2.23. The van der Waals surface area contributed by atoms with Gasteiger partial charge in [0.1, 0.15) is 0 Å². The van der Waals surface area contributed by atoms with Crippen LogP contribution < -0.4 is 10.2 Å². The van der Waals surface area contributed by atoms with Crippen LogP contribution in [0.5, 0.6) is 0 Å². The zero-order valence-corrected chi connectivity index (χ0v) is 13.1. The predicted molar refractivity (Wildman–Crippen MR) is 85.9 cm³/mol. The summed E-state index contributed by atoms with van der Waals surface area (Å²) >= 11 is 0. The summed E-state index contributed by atoms with van der Waals surface area (Å²) in [6, 6.07) is 9.43. The summed E-state index contributed by atoms with van der Waals surface area (Å²) in [5.41, 5.74) is 2.71. The molecule has 2 heteroatoms. The maximum absolute atomic E-state index is 3.69. The van der Waals surface area contributed by atoms with Gasteiger partial charge in [-0.15, -0.1) is 0 Å². The van der Waals surface area contributed by atoms with Gasteiger partial charge in [0, 0.05) is 25.8 Å². The van der Waals surface area contributed by atoms with Gasteiger partial charge < -0.3 is 10.2 Å². The summed E-state index contributed by atoms with van der Waals surface area (Å²) in [5.74, 6) is 0. The van der Waals surface area contributed by atoms with Gasteiger partial charge in [-0.25, -0.2) is 0 Å². The molecule has 0 aliphatic carbocycles. The van der Waals surface area contributed by atoms with E-state index in [2.05, 4.69) is 62.4 Å². The Hall–Kier alpha value is -1.02. The van der Waals surface area contributed by atoms with E-state index in [1.807, 2.05) is 0 Å². The van der Waals surface area contributed by atoms with Crippen LogP contribution in [0, 0.1) is 0 Å². The van der Waals surface area contributed by atoms with Crippen LogP contribution in [0.2, 0.25) is 0 Å². The van der Waals surface area contributed by atoms with Crippen LogP contribution in [-0.2, 0) is 0 Å². The van der Waals surface area contributed by atoms with E-state index in [0.29, 0.717) is 6.04 Å². The molecule has 19 heavy (non-hydrogen) atoms. The second-order valence-corrected chi connectivity index (χ2v) is 5.49. The molecule has 2 nitrogen and oxygen atoms in total. The first-order valence-corrected chi connectivity index (χ1v) is 7.69. The molecule has 0 saturated heterocycles. The van der Waals surface area contributed by atoms with Crippen LogP contribution in [0.1, 0.15) is 57.6 Å². The Bertz CT molecular complexity index is 347. The number of unbranched alkanes of at least 4 members (excludes halogenated alkanes) is 2. The second kappa shape index (κ2) is 8.98. The Labute approximate surface area is 119 Å². The minimum absolute atomic E-state index is 0.506. The van der Waals surface area contributed by atoms with Crippen LogP contribution in [0.25, 0.3) is 0 Å². The van der Waals surface area contributed by atoms with E-state index in [9.17, 15) is 0 Å². The number of hydrogen-bond acceptors (Lipinski definition) is 2. The highest BCUT2D eigenvalue weighted by Gasteiger charge is 2.11. The molecule has 1 unspecified atom stereocenters. The molecular weight excluding hydrogens is 232 g/mol. The maximum atomic E-state index is 3.69. The number of nitrogens with one attached hydrogen (secondary N) is 1. The van der Waals surface area contributed by atoms with E-state index in [4.69, 9.17) is 0 Å². The topological polar surface area (TPSA) is 15.3 Å². The van der Waals surface area contributed by atoms with Crippen molar-refractivity contribution in [2.45, 2.75) is 52.0 Å². The van der Waals surface area contributed by atoms with Crippen molar-refractivity contribution in [3.63, 3.8) is 0 Å². The molecule has 0 spiro atoms. The first-order chi connectivity index (χ1) is 9.19. The number of benzene rings is 1. The van der Waals surface area contributed by atoms with Gasteiger partial charge in [-0.05, 0) is 37.1 Å². The zero-order chi connectivity index (χ0) is 14.1.